The number of nitrogens with zero attached hydrogens (tertiary/aromatic N) is 1. The Morgan fingerprint density at radius 2 is 1.83 bits per heavy atom. The van der Waals surface area contributed by atoms with Crippen molar-refractivity contribution in [3.63, 3.8) is 0 Å². The van der Waals surface area contributed by atoms with E-state index < -0.39 is 0 Å². The Bertz CT molecular complexity index is 976. The van der Waals surface area contributed by atoms with Crippen molar-refractivity contribution >= 4 is 17.0 Å². The highest BCUT2D eigenvalue weighted by atomic mass is 14.8. The lowest BCUT2D eigenvalue weighted by atomic mass is 9.96. The minimum absolute atomic E-state index is 0.942. The standard InChI is InChI=1S/C28H34N2/c1-7-25(15-12-14-23(4)27-17-10-11-18-28(27)29-6)21(2)19-20-30-24(5)26-16-9-8-13-22(26)3/h7,10-20,29H,2,8-9H2,1,3-6H3/b15-12-,20-19-,23-14+,25-7+,30-24?. The van der Waals surface area contributed by atoms with Crippen molar-refractivity contribution in [3.05, 3.63) is 107 Å². The first kappa shape index (κ1) is 23.2. The van der Waals surface area contributed by atoms with Gasteiger partial charge in [-0.15, -0.1) is 0 Å². The number of nitrogens with one attached hydrogen (secondary N) is 1. The minimum atomic E-state index is 0.942. The van der Waals surface area contributed by atoms with E-state index in [-0.39, 0.29) is 0 Å². The zero-order valence-electron chi connectivity index (χ0n) is 19.0. The van der Waals surface area contributed by atoms with Gasteiger partial charge in [0, 0.05) is 30.2 Å². The molecule has 1 aliphatic rings. The monoisotopic (exact) mass is 398 g/mol. The molecule has 1 aromatic rings. The molecule has 0 aromatic heterocycles. The fourth-order valence-electron chi connectivity index (χ4n) is 3.46. The fraction of sp³-hybridized carbons (Fsp3) is 0.250. The summed E-state index contributed by atoms with van der Waals surface area (Å²) < 4.78 is 0. The second-order valence-corrected chi connectivity index (χ2v) is 7.39. The summed E-state index contributed by atoms with van der Waals surface area (Å²) in [6.45, 7) is 12.6. The molecule has 156 valence electrons. The Labute approximate surface area is 182 Å². The quantitative estimate of drug-likeness (QED) is 0.350. The number of hydrogen-bond donors (Lipinski definition) is 1. The molecule has 2 nitrogen and oxygen atoms in total. The number of para-hydroxylation sites is 1. The molecule has 1 aliphatic carbocycles. The molecular weight excluding hydrogens is 364 g/mol. The third kappa shape index (κ3) is 6.45. The van der Waals surface area contributed by atoms with E-state index in [0.29, 0.717) is 0 Å². The van der Waals surface area contributed by atoms with Crippen molar-refractivity contribution in [1.82, 2.24) is 0 Å². The van der Waals surface area contributed by atoms with Crippen LogP contribution in [-0.2, 0) is 0 Å². The average Bonchev–Trinajstić information content (AvgIpc) is 2.76. The van der Waals surface area contributed by atoms with Crippen LogP contribution in [0.15, 0.2) is 107 Å². The summed E-state index contributed by atoms with van der Waals surface area (Å²) >= 11 is 0. The van der Waals surface area contributed by atoms with Gasteiger partial charge in [-0.25, -0.2) is 0 Å². The highest BCUT2D eigenvalue weighted by Gasteiger charge is 2.06. The van der Waals surface area contributed by atoms with E-state index in [1.54, 1.807) is 0 Å². The molecule has 0 atom stereocenters. The van der Waals surface area contributed by atoms with Gasteiger partial charge in [0.2, 0.25) is 0 Å². The number of hydrogen-bond acceptors (Lipinski definition) is 2. The summed E-state index contributed by atoms with van der Waals surface area (Å²) in [5, 5.41) is 3.24. The van der Waals surface area contributed by atoms with Crippen LogP contribution >= 0.6 is 0 Å². The third-order valence-electron chi connectivity index (χ3n) is 5.25. The zero-order chi connectivity index (χ0) is 21.9. The molecule has 0 spiro atoms. The van der Waals surface area contributed by atoms with E-state index >= 15 is 0 Å². The average molecular weight is 399 g/mol. The summed E-state index contributed by atoms with van der Waals surface area (Å²) in [6, 6.07) is 8.32. The predicted octanol–water partition coefficient (Wildman–Crippen LogP) is 7.83. The van der Waals surface area contributed by atoms with Crippen LogP contribution in [-0.4, -0.2) is 12.8 Å². The molecule has 0 saturated heterocycles. The first-order valence-electron chi connectivity index (χ1n) is 10.5. The Morgan fingerprint density at radius 1 is 1.10 bits per heavy atom. The fourth-order valence-corrected chi connectivity index (χ4v) is 3.46. The largest absolute Gasteiger partial charge is 0.388 e. The number of aliphatic imine (C=N–C) groups is 1. The van der Waals surface area contributed by atoms with Crippen LogP contribution in [0.4, 0.5) is 5.69 Å². The molecule has 0 fully saturated rings. The third-order valence-corrected chi connectivity index (χ3v) is 5.25. The second kappa shape index (κ2) is 11.8. The van der Waals surface area contributed by atoms with Crippen molar-refractivity contribution in [3.8, 4) is 0 Å². The van der Waals surface area contributed by atoms with Gasteiger partial charge in [-0.05, 0) is 80.5 Å². The second-order valence-electron chi connectivity index (χ2n) is 7.39. The Kier molecular flexibility index (Phi) is 9.08. The first-order valence-corrected chi connectivity index (χ1v) is 10.5. The molecule has 1 aromatic carbocycles. The Hall–Kier alpha value is -3.13. The van der Waals surface area contributed by atoms with Gasteiger partial charge in [-0.1, -0.05) is 61.2 Å². The van der Waals surface area contributed by atoms with Crippen LogP contribution < -0.4 is 5.32 Å². The predicted molar refractivity (Wildman–Crippen MR) is 135 cm³/mol. The van der Waals surface area contributed by atoms with E-state index in [1.807, 2.05) is 32.3 Å². The van der Waals surface area contributed by atoms with Crippen LogP contribution in [0.2, 0.25) is 0 Å². The number of anilines is 1. The molecule has 0 unspecified atom stereocenters. The Morgan fingerprint density at radius 3 is 2.53 bits per heavy atom. The van der Waals surface area contributed by atoms with E-state index in [4.69, 9.17) is 0 Å². The highest BCUT2D eigenvalue weighted by molar-refractivity contribution is 6.02. The molecular formula is C28H34N2. The first-order chi connectivity index (χ1) is 14.5. The summed E-state index contributed by atoms with van der Waals surface area (Å²) in [4.78, 5) is 4.62. The van der Waals surface area contributed by atoms with Gasteiger partial charge in [-0.2, -0.15) is 0 Å². The Balaban J connectivity index is 2.06. The highest BCUT2D eigenvalue weighted by Crippen LogP contribution is 2.23. The minimum Gasteiger partial charge on any atom is -0.388 e. The van der Waals surface area contributed by atoms with E-state index in [9.17, 15) is 0 Å². The van der Waals surface area contributed by atoms with Crippen LogP contribution in [0.5, 0.6) is 0 Å². The summed E-state index contributed by atoms with van der Waals surface area (Å²) in [7, 11) is 1.95. The lowest BCUT2D eigenvalue weighted by molar-refractivity contribution is 1.00. The molecule has 1 N–H and O–H groups in total. The SMILES string of the molecule is C=C(/C=C\N=C(C)C1=CCCC=C1C)C(/C=C\C=C(/C)c1ccccc1NC)=C/C. The van der Waals surface area contributed by atoms with Crippen molar-refractivity contribution in [2.45, 2.75) is 40.5 Å². The number of allylic oxidation sites excluding steroid dienone is 12. The molecule has 0 radical (unpaired) electrons. The van der Waals surface area contributed by atoms with Crippen LogP contribution in [0.1, 0.15) is 46.1 Å². The molecule has 30 heavy (non-hydrogen) atoms. The lowest BCUT2D eigenvalue weighted by Gasteiger charge is -2.11. The maximum Gasteiger partial charge on any atom is 0.0444 e. The lowest BCUT2D eigenvalue weighted by Crippen LogP contribution is -2.01. The summed E-state index contributed by atoms with van der Waals surface area (Å²) in [5.74, 6) is 0. The molecule has 0 bridgehead atoms. The number of rotatable bonds is 8. The molecule has 2 rings (SSSR count). The topological polar surface area (TPSA) is 24.4 Å². The van der Waals surface area contributed by atoms with E-state index in [1.165, 1.54) is 22.3 Å². The van der Waals surface area contributed by atoms with Crippen molar-refractivity contribution in [2.75, 3.05) is 12.4 Å². The van der Waals surface area contributed by atoms with Crippen molar-refractivity contribution < 1.29 is 0 Å². The smallest absolute Gasteiger partial charge is 0.0444 e. The van der Waals surface area contributed by atoms with Gasteiger partial charge in [0.05, 0.1) is 0 Å². The molecule has 0 amide bonds. The van der Waals surface area contributed by atoms with Gasteiger partial charge < -0.3 is 5.32 Å². The normalized spacial score (nSPS) is 16.1. The van der Waals surface area contributed by atoms with E-state index in [0.717, 1.165) is 35.4 Å². The van der Waals surface area contributed by atoms with Gasteiger partial charge >= 0.3 is 0 Å². The summed E-state index contributed by atoms with van der Waals surface area (Å²) in [6.07, 6.45) is 19.0. The molecule has 0 aliphatic heterocycles. The van der Waals surface area contributed by atoms with Gasteiger partial charge in [0.25, 0.3) is 0 Å². The van der Waals surface area contributed by atoms with Gasteiger partial charge in [-0.3, -0.25) is 4.99 Å². The van der Waals surface area contributed by atoms with E-state index in [2.05, 4.69) is 92.3 Å². The van der Waals surface area contributed by atoms with Gasteiger partial charge in [0.15, 0.2) is 0 Å². The van der Waals surface area contributed by atoms with Crippen molar-refractivity contribution in [1.29, 1.82) is 0 Å². The molecule has 2 heteroatoms. The van der Waals surface area contributed by atoms with Crippen LogP contribution in [0.25, 0.3) is 5.57 Å². The molecule has 0 saturated carbocycles. The summed E-state index contributed by atoms with van der Waals surface area (Å²) in [5.41, 5.74) is 9.18. The van der Waals surface area contributed by atoms with Crippen LogP contribution in [0, 0.1) is 0 Å². The van der Waals surface area contributed by atoms with Gasteiger partial charge in [0.1, 0.15) is 0 Å². The zero-order valence-corrected chi connectivity index (χ0v) is 19.0. The molecule has 0 heterocycles. The van der Waals surface area contributed by atoms with Crippen molar-refractivity contribution in [2.24, 2.45) is 4.99 Å². The number of benzene rings is 1. The maximum atomic E-state index is 4.62. The van der Waals surface area contributed by atoms with Crippen LogP contribution in [0.3, 0.4) is 0 Å². The maximum absolute atomic E-state index is 4.62.